The molecule has 0 spiro atoms. The summed E-state index contributed by atoms with van der Waals surface area (Å²) in [6.45, 7) is 10.1. The molecule has 1 aromatic rings. The summed E-state index contributed by atoms with van der Waals surface area (Å²) < 4.78 is 0. The maximum atomic E-state index is 9.10. The van der Waals surface area contributed by atoms with E-state index >= 15 is 0 Å². The van der Waals surface area contributed by atoms with Gasteiger partial charge in [0.05, 0.1) is 0 Å². The average Bonchev–Trinajstić information content (AvgIpc) is 2.50. The molecule has 1 aliphatic rings. The lowest BCUT2D eigenvalue weighted by Gasteiger charge is -2.37. The first-order chi connectivity index (χ1) is 10.8. The van der Waals surface area contributed by atoms with Crippen molar-refractivity contribution in [1.29, 1.82) is 0 Å². The molecule has 0 aliphatic carbocycles. The smallest absolute Gasteiger partial charge is 0.414 e. The summed E-state index contributed by atoms with van der Waals surface area (Å²) in [5, 5.41) is 15.7. The fraction of sp³-hybridized carbons (Fsp3) is 0.500. The summed E-state index contributed by atoms with van der Waals surface area (Å²) in [6, 6.07) is 8.81. The zero-order valence-electron chi connectivity index (χ0n) is 13.4. The second-order valence-corrected chi connectivity index (χ2v) is 6.01. The molecule has 0 atom stereocenters. The number of aliphatic carboxylic acids is 2. The van der Waals surface area contributed by atoms with Gasteiger partial charge in [-0.05, 0) is 25.5 Å². The third kappa shape index (κ3) is 6.99. The Morgan fingerprint density at radius 3 is 2.04 bits per heavy atom. The molecule has 1 aliphatic heterocycles. The normalized spacial score (nSPS) is 15.8. The van der Waals surface area contributed by atoms with Crippen molar-refractivity contribution in [3.05, 3.63) is 34.9 Å². The summed E-state index contributed by atoms with van der Waals surface area (Å²) in [5.74, 6) is -3.65. The first-order valence-corrected chi connectivity index (χ1v) is 7.85. The number of carboxylic acid groups (broad SMARTS) is 2. The summed E-state index contributed by atoms with van der Waals surface area (Å²) in [5.41, 5.74) is 1.24. The van der Waals surface area contributed by atoms with E-state index in [0.717, 1.165) is 24.7 Å². The Hall–Kier alpha value is -1.63. The Morgan fingerprint density at radius 2 is 1.61 bits per heavy atom. The molecule has 1 aromatic carbocycles. The molecule has 0 unspecified atom stereocenters. The van der Waals surface area contributed by atoms with Gasteiger partial charge in [0.15, 0.2) is 0 Å². The Balaban J connectivity index is 0.000000379. The van der Waals surface area contributed by atoms with E-state index < -0.39 is 11.9 Å². The van der Waals surface area contributed by atoms with Crippen LogP contribution >= 0.6 is 11.6 Å². The van der Waals surface area contributed by atoms with Crippen molar-refractivity contribution in [2.24, 2.45) is 0 Å². The number of piperazine rings is 1. The van der Waals surface area contributed by atoms with Crippen molar-refractivity contribution in [2.45, 2.75) is 26.4 Å². The van der Waals surface area contributed by atoms with Crippen LogP contribution in [0.1, 0.15) is 19.4 Å². The van der Waals surface area contributed by atoms with Gasteiger partial charge in [-0.1, -0.05) is 29.8 Å². The lowest BCUT2D eigenvalue weighted by atomic mass is 10.2. The molecule has 128 valence electrons. The van der Waals surface area contributed by atoms with Gasteiger partial charge >= 0.3 is 11.9 Å². The van der Waals surface area contributed by atoms with Gasteiger partial charge in [-0.3, -0.25) is 9.80 Å². The van der Waals surface area contributed by atoms with Crippen LogP contribution in [0.3, 0.4) is 0 Å². The molecule has 1 fully saturated rings. The van der Waals surface area contributed by atoms with Crippen LogP contribution in [0.2, 0.25) is 5.02 Å². The van der Waals surface area contributed by atoms with Gasteiger partial charge in [0.2, 0.25) is 0 Å². The Labute approximate surface area is 141 Å². The largest absolute Gasteiger partial charge is 0.473 e. The lowest BCUT2D eigenvalue weighted by Crippen LogP contribution is -2.48. The maximum absolute atomic E-state index is 9.10. The first-order valence-electron chi connectivity index (χ1n) is 7.47. The molecule has 1 heterocycles. The number of rotatable bonds is 3. The van der Waals surface area contributed by atoms with Gasteiger partial charge in [0.1, 0.15) is 0 Å². The van der Waals surface area contributed by atoms with Crippen LogP contribution in [0, 0.1) is 0 Å². The Bertz CT molecular complexity index is 517. The molecule has 2 N–H and O–H groups in total. The third-order valence-corrected chi connectivity index (χ3v) is 4.04. The van der Waals surface area contributed by atoms with Crippen molar-refractivity contribution < 1.29 is 19.8 Å². The molecule has 0 aromatic heterocycles. The van der Waals surface area contributed by atoms with Gasteiger partial charge in [-0.2, -0.15) is 0 Å². The number of hydrogen-bond donors (Lipinski definition) is 2. The number of benzene rings is 1. The number of carbonyl (C=O) groups is 2. The van der Waals surface area contributed by atoms with E-state index in [1.54, 1.807) is 0 Å². The van der Waals surface area contributed by atoms with E-state index in [4.69, 9.17) is 31.4 Å². The molecule has 0 radical (unpaired) electrons. The Morgan fingerprint density at radius 1 is 1.09 bits per heavy atom. The van der Waals surface area contributed by atoms with Gasteiger partial charge in [-0.25, -0.2) is 9.59 Å². The molecule has 7 heteroatoms. The Kier molecular flexibility index (Phi) is 8.02. The van der Waals surface area contributed by atoms with E-state index in [-0.39, 0.29) is 0 Å². The van der Waals surface area contributed by atoms with E-state index in [2.05, 4.69) is 35.8 Å². The summed E-state index contributed by atoms with van der Waals surface area (Å²) in [6.07, 6.45) is 0. The van der Waals surface area contributed by atoms with Crippen molar-refractivity contribution in [1.82, 2.24) is 9.80 Å². The van der Waals surface area contributed by atoms with Crippen LogP contribution in [0.4, 0.5) is 0 Å². The number of carboxylic acids is 2. The van der Waals surface area contributed by atoms with Crippen LogP contribution in [0.25, 0.3) is 0 Å². The predicted molar refractivity (Wildman–Crippen MR) is 88.7 cm³/mol. The van der Waals surface area contributed by atoms with Crippen molar-refractivity contribution in [3.8, 4) is 0 Å². The zero-order chi connectivity index (χ0) is 17.4. The quantitative estimate of drug-likeness (QED) is 0.818. The van der Waals surface area contributed by atoms with Crippen molar-refractivity contribution >= 4 is 23.5 Å². The minimum absolute atomic E-state index is 0.664. The van der Waals surface area contributed by atoms with Crippen LogP contribution < -0.4 is 0 Å². The zero-order valence-corrected chi connectivity index (χ0v) is 14.2. The fourth-order valence-electron chi connectivity index (χ4n) is 2.31. The molecule has 1 saturated heterocycles. The minimum Gasteiger partial charge on any atom is -0.473 e. The van der Waals surface area contributed by atoms with Crippen LogP contribution in [-0.2, 0) is 16.1 Å². The second kappa shape index (κ2) is 9.50. The molecular weight excluding hydrogens is 320 g/mol. The maximum Gasteiger partial charge on any atom is 0.414 e. The van der Waals surface area contributed by atoms with Gasteiger partial charge < -0.3 is 10.2 Å². The summed E-state index contributed by atoms with van der Waals surface area (Å²) in [4.78, 5) is 23.2. The number of nitrogens with zero attached hydrogens (tertiary/aromatic N) is 2. The van der Waals surface area contributed by atoms with Gasteiger partial charge in [-0.15, -0.1) is 0 Å². The fourth-order valence-corrected chi connectivity index (χ4v) is 2.50. The topological polar surface area (TPSA) is 81.1 Å². The average molecular weight is 343 g/mol. The first kappa shape index (κ1) is 19.4. The second-order valence-electron chi connectivity index (χ2n) is 5.61. The molecular formula is C16H23ClN2O4. The van der Waals surface area contributed by atoms with E-state index in [1.807, 2.05) is 12.1 Å². The standard InChI is InChI=1S/C14H21ClN2.C2H2O4/c1-12(2)17-9-7-16(8-10-17)11-13-5-3-4-6-14(13)15;3-1(4)2(5)6/h3-6,12H,7-11H2,1-2H3;(H,3,4)(H,5,6). The molecule has 2 rings (SSSR count). The highest BCUT2D eigenvalue weighted by Crippen LogP contribution is 2.18. The highest BCUT2D eigenvalue weighted by atomic mass is 35.5. The summed E-state index contributed by atoms with van der Waals surface area (Å²) >= 11 is 6.19. The number of hydrogen-bond acceptors (Lipinski definition) is 4. The van der Waals surface area contributed by atoms with E-state index in [9.17, 15) is 0 Å². The van der Waals surface area contributed by atoms with Crippen LogP contribution in [-0.4, -0.2) is 64.2 Å². The molecule has 6 nitrogen and oxygen atoms in total. The SMILES string of the molecule is CC(C)N1CCN(Cc2ccccc2Cl)CC1.O=C(O)C(=O)O. The summed E-state index contributed by atoms with van der Waals surface area (Å²) in [7, 11) is 0. The van der Waals surface area contributed by atoms with Crippen LogP contribution in [0.5, 0.6) is 0 Å². The lowest BCUT2D eigenvalue weighted by molar-refractivity contribution is -0.159. The molecule has 0 saturated carbocycles. The highest BCUT2D eigenvalue weighted by molar-refractivity contribution is 6.31. The van der Waals surface area contributed by atoms with Crippen molar-refractivity contribution in [2.75, 3.05) is 26.2 Å². The van der Waals surface area contributed by atoms with E-state index in [1.165, 1.54) is 18.7 Å². The number of halogens is 1. The molecule has 0 amide bonds. The third-order valence-electron chi connectivity index (χ3n) is 3.67. The highest BCUT2D eigenvalue weighted by Gasteiger charge is 2.19. The van der Waals surface area contributed by atoms with Crippen LogP contribution in [0.15, 0.2) is 24.3 Å². The monoisotopic (exact) mass is 342 g/mol. The van der Waals surface area contributed by atoms with Gasteiger partial charge in [0.25, 0.3) is 0 Å². The van der Waals surface area contributed by atoms with E-state index in [0.29, 0.717) is 6.04 Å². The minimum atomic E-state index is -1.82. The van der Waals surface area contributed by atoms with Crippen molar-refractivity contribution in [3.63, 3.8) is 0 Å². The predicted octanol–water partition coefficient (Wildman–Crippen LogP) is 2.02. The van der Waals surface area contributed by atoms with Gasteiger partial charge in [0, 0.05) is 43.8 Å². The molecule has 0 bridgehead atoms. The molecule has 23 heavy (non-hydrogen) atoms.